The minimum atomic E-state index is -4.60. The maximum Gasteiger partial charge on any atom is 0.420 e. The van der Waals surface area contributed by atoms with Crippen molar-refractivity contribution in [2.75, 3.05) is 0 Å². The molecule has 0 spiro atoms. The van der Waals surface area contributed by atoms with Gasteiger partial charge in [-0.15, -0.1) is 0 Å². The van der Waals surface area contributed by atoms with Crippen LogP contribution in [-0.4, -0.2) is 0 Å². The summed E-state index contributed by atoms with van der Waals surface area (Å²) in [6.07, 6.45) is -4.60. The second-order valence-corrected chi connectivity index (χ2v) is 5.18. The van der Waals surface area contributed by atoms with Crippen molar-refractivity contribution in [1.29, 1.82) is 0 Å². The summed E-state index contributed by atoms with van der Waals surface area (Å²) in [5.74, 6) is -0.756. The van der Waals surface area contributed by atoms with Crippen molar-refractivity contribution in [2.45, 2.75) is 12.8 Å². The zero-order valence-corrected chi connectivity index (χ0v) is 12.6. The van der Waals surface area contributed by atoms with Crippen molar-refractivity contribution in [1.82, 2.24) is 0 Å². The summed E-state index contributed by atoms with van der Waals surface area (Å²) in [5, 5.41) is 0. The first kappa shape index (κ1) is 15.9. The second-order valence-electron chi connectivity index (χ2n) is 4.10. The van der Waals surface area contributed by atoms with Crippen LogP contribution in [0.15, 0.2) is 42.5 Å². The topological polar surface area (TPSA) is 18.5 Å². The number of halogens is 5. The SMILES string of the molecule is FOc1ccc(C(F)(F)F)c(OCc2ccccc2)c1I. The van der Waals surface area contributed by atoms with Gasteiger partial charge in [0.1, 0.15) is 15.9 Å². The Labute approximate surface area is 131 Å². The number of hydrogen-bond donors (Lipinski definition) is 0. The Bertz CT molecular complexity index is 614. The summed E-state index contributed by atoms with van der Waals surface area (Å²) in [5.41, 5.74) is -0.267. The molecule has 0 aromatic heterocycles. The molecule has 2 aromatic rings. The van der Waals surface area contributed by atoms with Gasteiger partial charge in [0, 0.05) is 4.53 Å². The minimum absolute atomic E-state index is 0.0599. The molecule has 2 aromatic carbocycles. The van der Waals surface area contributed by atoms with Crippen molar-refractivity contribution < 1.29 is 27.4 Å². The third-order valence-electron chi connectivity index (χ3n) is 2.68. The van der Waals surface area contributed by atoms with E-state index < -0.39 is 17.5 Å². The van der Waals surface area contributed by atoms with Gasteiger partial charge >= 0.3 is 6.18 Å². The molecule has 0 aliphatic heterocycles. The number of benzene rings is 2. The molecule has 0 aliphatic rings. The third kappa shape index (κ3) is 3.78. The molecule has 0 saturated carbocycles. The van der Waals surface area contributed by atoms with E-state index in [2.05, 4.69) is 4.94 Å². The summed E-state index contributed by atoms with van der Waals surface area (Å²) in [6, 6.07) is 10.4. The summed E-state index contributed by atoms with van der Waals surface area (Å²) < 4.78 is 56.4. The Morgan fingerprint density at radius 2 is 1.67 bits per heavy atom. The first-order valence-electron chi connectivity index (χ1n) is 5.78. The first-order valence-corrected chi connectivity index (χ1v) is 6.86. The van der Waals surface area contributed by atoms with Gasteiger partial charge in [-0.25, -0.2) is 0 Å². The van der Waals surface area contributed by atoms with Crippen LogP contribution in [0.2, 0.25) is 0 Å². The lowest BCUT2D eigenvalue weighted by Crippen LogP contribution is -2.10. The van der Waals surface area contributed by atoms with E-state index in [4.69, 9.17) is 4.74 Å². The number of alkyl halides is 3. The highest BCUT2D eigenvalue weighted by molar-refractivity contribution is 14.1. The van der Waals surface area contributed by atoms with Crippen LogP contribution in [-0.2, 0) is 12.8 Å². The highest BCUT2D eigenvalue weighted by atomic mass is 127. The lowest BCUT2D eigenvalue weighted by atomic mass is 10.2. The normalized spacial score (nSPS) is 11.3. The predicted molar refractivity (Wildman–Crippen MR) is 76.7 cm³/mol. The summed E-state index contributed by atoms with van der Waals surface area (Å²) in [4.78, 5) is 3.55. The lowest BCUT2D eigenvalue weighted by Gasteiger charge is -2.16. The Morgan fingerprint density at radius 1 is 1.00 bits per heavy atom. The van der Waals surface area contributed by atoms with E-state index in [0.717, 1.165) is 12.1 Å². The van der Waals surface area contributed by atoms with Crippen molar-refractivity contribution in [3.63, 3.8) is 0 Å². The Hall–Kier alpha value is -1.51. The van der Waals surface area contributed by atoms with Crippen molar-refractivity contribution in [3.05, 3.63) is 57.2 Å². The second kappa shape index (κ2) is 6.50. The summed E-state index contributed by atoms with van der Waals surface area (Å²) in [7, 11) is 0. The molecule has 0 fully saturated rings. The molecule has 2 nitrogen and oxygen atoms in total. The van der Waals surface area contributed by atoms with Crippen molar-refractivity contribution in [3.8, 4) is 11.5 Å². The fourth-order valence-corrected chi connectivity index (χ4v) is 2.40. The standard InChI is InChI=1S/C14H9F4IO2/c15-14(16,17)10-6-7-11(21-18)12(19)13(10)20-8-9-4-2-1-3-5-9/h1-7H,8H2. The van der Waals surface area contributed by atoms with Gasteiger partial charge in [0.05, 0.1) is 5.56 Å². The zero-order chi connectivity index (χ0) is 15.5. The Balaban J connectivity index is 2.35. The molecule has 0 saturated heterocycles. The minimum Gasteiger partial charge on any atom is -0.487 e. The van der Waals surface area contributed by atoms with Crippen LogP contribution in [0.3, 0.4) is 0 Å². The van der Waals surface area contributed by atoms with Gasteiger partial charge in [-0.3, -0.25) is 4.94 Å². The fourth-order valence-electron chi connectivity index (χ4n) is 1.69. The molecular formula is C14H9F4IO2. The van der Waals surface area contributed by atoms with Gasteiger partial charge in [-0.2, -0.15) is 13.2 Å². The Morgan fingerprint density at radius 3 is 2.24 bits per heavy atom. The van der Waals surface area contributed by atoms with E-state index >= 15 is 0 Å². The van der Waals surface area contributed by atoms with Gasteiger partial charge < -0.3 is 4.74 Å². The molecule has 0 radical (unpaired) electrons. The van der Waals surface area contributed by atoms with Gasteiger partial charge in [-0.05, 0) is 40.3 Å². The first-order chi connectivity index (χ1) is 9.93. The molecule has 0 unspecified atom stereocenters. The van der Waals surface area contributed by atoms with Crippen LogP contribution >= 0.6 is 22.6 Å². The molecule has 0 bridgehead atoms. The maximum atomic E-state index is 13.0. The highest BCUT2D eigenvalue weighted by Gasteiger charge is 2.36. The third-order valence-corrected chi connectivity index (χ3v) is 3.70. The monoisotopic (exact) mass is 412 g/mol. The smallest absolute Gasteiger partial charge is 0.420 e. The highest BCUT2D eigenvalue weighted by Crippen LogP contribution is 2.42. The molecular weight excluding hydrogens is 403 g/mol. The van der Waals surface area contributed by atoms with Crippen LogP contribution < -0.4 is 9.68 Å². The van der Waals surface area contributed by atoms with E-state index in [1.165, 1.54) is 0 Å². The summed E-state index contributed by atoms with van der Waals surface area (Å²) >= 11 is 1.56. The molecule has 0 aliphatic carbocycles. The van der Waals surface area contributed by atoms with Crippen LogP contribution in [0.4, 0.5) is 17.7 Å². The quantitative estimate of drug-likeness (QED) is 0.511. The molecule has 0 amide bonds. The van der Waals surface area contributed by atoms with E-state index in [-0.39, 0.29) is 15.9 Å². The van der Waals surface area contributed by atoms with Gasteiger partial charge in [0.15, 0.2) is 5.75 Å². The van der Waals surface area contributed by atoms with E-state index in [9.17, 15) is 17.7 Å². The van der Waals surface area contributed by atoms with Crippen LogP contribution in [0, 0.1) is 3.57 Å². The molecule has 21 heavy (non-hydrogen) atoms. The fraction of sp³-hybridized carbons (Fsp3) is 0.143. The lowest BCUT2D eigenvalue weighted by molar-refractivity contribution is -0.139. The zero-order valence-electron chi connectivity index (χ0n) is 10.5. The van der Waals surface area contributed by atoms with E-state index in [1.807, 2.05) is 0 Å². The molecule has 0 heterocycles. The molecule has 112 valence electrons. The molecule has 2 rings (SSSR count). The Kier molecular flexibility index (Phi) is 4.92. The number of ether oxygens (including phenoxy) is 1. The van der Waals surface area contributed by atoms with Gasteiger partial charge in [0.2, 0.25) is 0 Å². The van der Waals surface area contributed by atoms with Crippen LogP contribution in [0.25, 0.3) is 0 Å². The average Bonchev–Trinajstić information content (AvgIpc) is 2.45. The van der Waals surface area contributed by atoms with E-state index in [0.29, 0.717) is 5.56 Å². The average molecular weight is 412 g/mol. The molecule has 0 N–H and O–H groups in total. The molecule has 0 atom stereocenters. The molecule has 7 heteroatoms. The maximum absolute atomic E-state index is 13.0. The van der Waals surface area contributed by atoms with Gasteiger partial charge in [-0.1, -0.05) is 30.3 Å². The van der Waals surface area contributed by atoms with Crippen molar-refractivity contribution in [2.24, 2.45) is 0 Å². The predicted octanol–water partition coefficient (Wildman–Crippen LogP) is 5.15. The number of hydrogen-bond acceptors (Lipinski definition) is 2. The largest absolute Gasteiger partial charge is 0.487 e. The summed E-state index contributed by atoms with van der Waals surface area (Å²) in [6.45, 7) is -0.0599. The van der Waals surface area contributed by atoms with Crippen LogP contribution in [0.5, 0.6) is 11.5 Å². The van der Waals surface area contributed by atoms with Gasteiger partial charge in [0.25, 0.3) is 0 Å². The number of rotatable bonds is 4. The van der Waals surface area contributed by atoms with Crippen LogP contribution in [0.1, 0.15) is 11.1 Å². The van der Waals surface area contributed by atoms with Crippen molar-refractivity contribution >= 4 is 22.6 Å². The van der Waals surface area contributed by atoms with E-state index in [1.54, 1.807) is 52.9 Å².